The molecule has 3 heteroatoms. The van der Waals surface area contributed by atoms with Gasteiger partial charge in [0.25, 0.3) is 0 Å². The molecule has 1 fully saturated rings. The number of nitriles is 1. The maximum Gasteiger partial charge on any atom is 0.111 e. The molecule has 0 aromatic rings. The van der Waals surface area contributed by atoms with Gasteiger partial charge in [-0.05, 0) is 38.8 Å². The normalized spacial score (nSPS) is 29.3. The van der Waals surface area contributed by atoms with Crippen molar-refractivity contribution in [1.29, 1.82) is 5.26 Å². The molecule has 0 amide bonds. The van der Waals surface area contributed by atoms with Gasteiger partial charge in [-0.1, -0.05) is 13.8 Å². The molecule has 1 N–H and O–H groups in total. The zero-order valence-corrected chi connectivity index (χ0v) is 10.4. The van der Waals surface area contributed by atoms with Crippen molar-refractivity contribution in [3.05, 3.63) is 0 Å². The summed E-state index contributed by atoms with van der Waals surface area (Å²) in [6, 6.07) is 2.51. The van der Waals surface area contributed by atoms with Crippen molar-refractivity contribution < 1.29 is 0 Å². The van der Waals surface area contributed by atoms with Gasteiger partial charge in [0.1, 0.15) is 5.54 Å². The van der Waals surface area contributed by atoms with Crippen LogP contribution in [0.1, 0.15) is 33.1 Å². The molecule has 0 bridgehead atoms. The first-order valence-electron chi connectivity index (χ1n) is 5.74. The molecule has 1 aliphatic rings. The Hall–Kier alpha value is -0.590. The molecule has 0 radical (unpaired) electrons. The minimum Gasteiger partial charge on any atom is -0.308 e. The highest BCUT2D eigenvalue weighted by atomic mass is 15.1. The third kappa shape index (κ3) is 2.50. The lowest BCUT2D eigenvalue weighted by Gasteiger charge is -2.36. The van der Waals surface area contributed by atoms with E-state index in [0.29, 0.717) is 0 Å². The summed E-state index contributed by atoms with van der Waals surface area (Å²) in [6.45, 7) is 6.28. The molecular formula is C12H23N3. The predicted molar refractivity (Wildman–Crippen MR) is 62.5 cm³/mol. The standard InChI is InChI=1S/C12H23N3/c1-11(2)6-5-7-12(11,10-13)14-8-9-15(3)4/h14H,5-9H2,1-4H3. The Morgan fingerprint density at radius 2 is 2.00 bits per heavy atom. The highest BCUT2D eigenvalue weighted by Gasteiger charge is 2.48. The Balaban J connectivity index is 2.59. The molecule has 86 valence electrons. The number of nitrogens with zero attached hydrogens (tertiary/aromatic N) is 2. The maximum absolute atomic E-state index is 9.39. The zero-order valence-electron chi connectivity index (χ0n) is 10.4. The lowest BCUT2D eigenvalue weighted by atomic mass is 9.76. The van der Waals surface area contributed by atoms with Gasteiger partial charge in [0.05, 0.1) is 6.07 Å². The second-order valence-electron chi connectivity index (χ2n) is 5.48. The van der Waals surface area contributed by atoms with Crippen LogP contribution in [0.5, 0.6) is 0 Å². The predicted octanol–water partition coefficient (Wildman–Crippen LogP) is 1.61. The first kappa shape index (κ1) is 12.5. The van der Waals surface area contributed by atoms with Crippen molar-refractivity contribution in [2.75, 3.05) is 27.2 Å². The Morgan fingerprint density at radius 3 is 2.40 bits per heavy atom. The molecule has 1 saturated carbocycles. The van der Waals surface area contributed by atoms with Gasteiger partial charge in [-0.2, -0.15) is 5.26 Å². The fraction of sp³-hybridized carbons (Fsp3) is 0.917. The third-order valence-corrected chi connectivity index (χ3v) is 3.69. The molecule has 0 spiro atoms. The Bertz CT molecular complexity index is 252. The van der Waals surface area contributed by atoms with E-state index >= 15 is 0 Å². The second kappa shape index (κ2) is 4.51. The Morgan fingerprint density at radius 1 is 1.33 bits per heavy atom. The largest absolute Gasteiger partial charge is 0.308 e. The van der Waals surface area contributed by atoms with Crippen LogP contribution in [0.25, 0.3) is 0 Å². The highest BCUT2D eigenvalue weighted by Crippen LogP contribution is 2.45. The quantitative estimate of drug-likeness (QED) is 0.764. The van der Waals surface area contributed by atoms with Crippen LogP contribution in [0, 0.1) is 16.7 Å². The van der Waals surface area contributed by atoms with E-state index < -0.39 is 0 Å². The molecule has 0 aliphatic heterocycles. The summed E-state index contributed by atoms with van der Waals surface area (Å²) in [5.74, 6) is 0. The molecule has 0 heterocycles. The third-order valence-electron chi connectivity index (χ3n) is 3.69. The summed E-state index contributed by atoms with van der Waals surface area (Å²) < 4.78 is 0. The molecular weight excluding hydrogens is 186 g/mol. The first-order chi connectivity index (χ1) is 6.93. The van der Waals surface area contributed by atoms with Crippen LogP contribution in [0.2, 0.25) is 0 Å². The van der Waals surface area contributed by atoms with Gasteiger partial charge in [-0.25, -0.2) is 0 Å². The van der Waals surface area contributed by atoms with E-state index in [-0.39, 0.29) is 11.0 Å². The van der Waals surface area contributed by atoms with Crippen LogP contribution < -0.4 is 5.32 Å². The minimum atomic E-state index is -0.303. The van der Waals surface area contributed by atoms with Crippen molar-refractivity contribution >= 4 is 0 Å². The number of likely N-dealkylation sites (N-methyl/N-ethyl adjacent to an activating group) is 1. The number of hydrogen-bond donors (Lipinski definition) is 1. The summed E-state index contributed by atoms with van der Waals surface area (Å²) in [7, 11) is 4.11. The van der Waals surface area contributed by atoms with Crippen molar-refractivity contribution in [2.24, 2.45) is 5.41 Å². The van der Waals surface area contributed by atoms with Crippen LogP contribution in [0.15, 0.2) is 0 Å². The topological polar surface area (TPSA) is 39.1 Å². The monoisotopic (exact) mass is 209 g/mol. The summed E-state index contributed by atoms with van der Waals surface area (Å²) in [5, 5.41) is 12.9. The van der Waals surface area contributed by atoms with E-state index in [2.05, 4.69) is 44.2 Å². The van der Waals surface area contributed by atoms with Crippen molar-refractivity contribution in [1.82, 2.24) is 10.2 Å². The zero-order chi connectivity index (χ0) is 11.5. The van der Waals surface area contributed by atoms with Gasteiger partial charge >= 0.3 is 0 Å². The average Bonchev–Trinajstić information content (AvgIpc) is 2.42. The van der Waals surface area contributed by atoms with Crippen LogP contribution >= 0.6 is 0 Å². The number of nitrogens with one attached hydrogen (secondary N) is 1. The van der Waals surface area contributed by atoms with E-state index in [1.54, 1.807) is 0 Å². The van der Waals surface area contributed by atoms with Gasteiger partial charge in [0.2, 0.25) is 0 Å². The van der Waals surface area contributed by atoms with Crippen LogP contribution in [-0.2, 0) is 0 Å². The average molecular weight is 209 g/mol. The maximum atomic E-state index is 9.39. The van der Waals surface area contributed by atoms with Crippen molar-refractivity contribution in [2.45, 2.75) is 38.6 Å². The van der Waals surface area contributed by atoms with Gasteiger partial charge in [0, 0.05) is 13.1 Å². The lowest BCUT2D eigenvalue weighted by Crippen LogP contribution is -2.53. The van der Waals surface area contributed by atoms with Crippen LogP contribution in [0.3, 0.4) is 0 Å². The van der Waals surface area contributed by atoms with E-state index in [9.17, 15) is 5.26 Å². The van der Waals surface area contributed by atoms with E-state index in [4.69, 9.17) is 0 Å². The highest BCUT2D eigenvalue weighted by molar-refractivity contribution is 5.18. The van der Waals surface area contributed by atoms with Crippen LogP contribution in [0.4, 0.5) is 0 Å². The lowest BCUT2D eigenvalue weighted by molar-refractivity contribution is 0.209. The summed E-state index contributed by atoms with van der Waals surface area (Å²) in [4.78, 5) is 2.14. The van der Waals surface area contributed by atoms with E-state index in [1.807, 2.05) is 0 Å². The second-order valence-corrected chi connectivity index (χ2v) is 5.48. The molecule has 15 heavy (non-hydrogen) atoms. The Kier molecular flexibility index (Phi) is 3.75. The fourth-order valence-corrected chi connectivity index (χ4v) is 2.41. The molecule has 3 nitrogen and oxygen atoms in total. The minimum absolute atomic E-state index is 0.105. The van der Waals surface area contributed by atoms with Gasteiger partial charge in [-0.15, -0.1) is 0 Å². The van der Waals surface area contributed by atoms with E-state index in [1.165, 1.54) is 0 Å². The molecule has 1 unspecified atom stereocenters. The molecule has 0 saturated heterocycles. The summed E-state index contributed by atoms with van der Waals surface area (Å²) in [6.07, 6.45) is 3.30. The summed E-state index contributed by atoms with van der Waals surface area (Å²) >= 11 is 0. The first-order valence-corrected chi connectivity index (χ1v) is 5.74. The van der Waals surface area contributed by atoms with Gasteiger partial charge in [-0.3, -0.25) is 5.32 Å². The SMILES string of the molecule is CN(C)CCNC1(C#N)CCCC1(C)C. The fourth-order valence-electron chi connectivity index (χ4n) is 2.41. The molecule has 1 aliphatic carbocycles. The van der Waals surface area contributed by atoms with E-state index in [0.717, 1.165) is 32.4 Å². The molecule has 1 rings (SSSR count). The molecule has 0 aromatic heterocycles. The Labute approximate surface area is 93.5 Å². The number of hydrogen-bond acceptors (Lipinski definition) is 3. The molecule has 0 aromatic carbocycles. The molecule has 1 atom stereocenters. The number of rotatable bonds is 4. The smallest absolute Gasteiger partial charge is 0.111 e. The van der Waals surface area contributed by atoms with Gasteiger partial charge < -0.3 is 4.90 Å². The van der Waals surface area contributed by atoms with Crippen molar-refractivity contribution in [3.8, 4) is 6.07 Å². The van der Waals surface area contributed by atoms with Gasteiger partial charge in [0.15, 0.2) is 0 Å². The summed E-state index contributed by atoms with van der Waals surface area (Å²) in [5.41, 5.74) is -0.197. The van der Waals surface area contributed by atoms with Crippen molar-refractivity contribution in [3.63, 3.8) is 0 Å². The van der Waals surface area contributed by atoms with Crippen LogP contribution in [-0.4, -0.2) is 37.6 Å².